The Morgan fingerprint density at radius 1 is 1.36 bits per heavy atom. The molecule has 22 heavy (non-hydrogen) atoms. The molecule has 0 amide bonds. The predicted octanol–water partition coefficient (Wildman–Crippen LogP) is 3.10. The largest absolute Gasteiger partial charge is 0.373 e. The van der Waals surface area contributed by atoms with Crippen LogP contribution in [0.3, 0.4) is 0 Å². The fourth-order valence-electron chi connectivity index (χ4n) is 2.80. The third kappa shape index (κ3) is 5.34. The minimum Gasteiger partial charge on any atom is -0.373 e. The summed E-state index contributed by atoms with van der Waals surface area (Å²) in [5.74, 6) is 1.63. The molecule has 2 rings (SSSR count). The Bertz CT molecular complexity index is 459. The highest BCUT2D eigenvalue weighted by atomic mass is 16.5. The molecule has 0 aromatic heterocycles. The van der Waals surface area contributed by atoms with Gasteiger partial charge in [0.1, 0.15) is 0 Å². The Morgan fingerprint density at radius 3 is 2.86 bits per heavy atom. The number of nitrogens with two attached hydrogens (primary N) is 1. The number of aliphatic imine (C=N–C) groups is 1. The Morgan fingerprint density at radius 2 is 2.14 bits per heavy atom. The van der Waals surface area contributed by atoms with Crippen LogP contribution in [0, 0.1) is 11.8 Å². The van der Waals surface area contributed by atoms with Gasteiger partial charge in [-0.1, -0.05) is 44.2 Å². The number of guanidine groups is 1. The molecule has 122 valence electrons. The van der Waals surface area contributed by atoms with Crippen LogP contribution in [-0.2, 0) is 4.74 Å². The number of hydrogen-bond acceptors (Lipinski definition) is 2. The van der Waals surface area contributed by atoms with Crippen molar-refractivity contribution in [1.82, 2.24) is 5.32 Å². The number of benzene rings is 1. The second kappa shape index (κ2) is 8.79. The standard InChI is InChI=1S/C18H29N3O/c1-14(2)10-11-20-18(19)21-13-16-9-6-12-22-17(16)15-7-4-3-5-8-15/h3-5,7-8,14,16-17H,6,9-13H2,1-2H3,(H3,19,20,21). The third-order valence-corrected chi connectivity index (χ3v) is 4.10. The lowest BCUT2D eigenvalue weighted by molar-refractivity contribution is -0.0250. The molecule has 0 bridgehead atoms. The topological polar surface area (TPSA) is 59.6 Å². The van der Waals surface area contributed by atoms with E-state index in [1.54, 1.807) is 0 Å². The van der Waals surface area contributed by atoms with Crippen LogP contribution in [-0.4, -0.2) is 25.7 Å². The molecule has 1 fully saturated rings. The zero-order chi connectivity index (χ0) is 15.8. The van der Waals surface area contributed by atoms with Crippen molar-refractivity contribution >= 4 is 5.96 Å². The van der Waals surface area contributed by atoms with Crippen molar-refractivity contribution in [3.63, 3.8) is 0 Å². The quantitative estimate of drug-likeness (QED) is 0.627. The molecule has 4 heteroatoms. The van der Waals surface area contributed by atoms with E-state index in [2.05, 4.69) is 48.4 Å². The molecule has 1 heterocycles. The zero-order valence-electron chi connectivity index (χ0n) is 13.8. The van der Waals surface area contributed by atoms with Gasteiger partial charge in [0.05, 0.1) is 6.10 Å². The Balaban J connectivity index is 1.89. The van der Waals surface area contributed by atoms with Gasteiger partial charge in [0.15, 0.2) is 5.96 Å². The molecule has 1 aliphatic rings. The lowest BCUT2D eigenvalue weighted by Gasteiger charge is -2.31. The van der Waals surface area contributed by atoms with E-state index in [0.29, 0.717) is 17.8 Å². The first kappa shape index (κ1) is 16.8. The fraction of sp³-hybridized carbons (Fsp3) is 0.611. The van der Waals surface area contributed by atoms with E-state index in [4.69, 9.17) is 10.5 Å². The molecular formula is C18H29N3O. The number of hydrogen-bond donors (Lipinski definition) is 2. The molecule has 1 aromatic carbocycles. The average Bonchev–Trinajstić information content (AvgIpc) is 2.54. The van der Waals surface area contributed by atoms with Crippen LogP contribution in [0.5, 0.6) is 0 Å². The van der Waals surface area contributed by atoms with Crippen molar-refractivity contribution in [3.8, 4) is 0 Å². The van der Waals surface area contributed by atoms with Crippen molar-refractivity contribution < 1.29 is 4.74 Å². The minimum absolute atomic E-state index is 0.141. The summed E-state index contributed by atoms with van der Waals surface area (Å²) in [5, 5.41) is 3.20. The van der Waals surface area contributed by atoms with Crippen molar-refractivity contribution in [1.29, 1.82) is 0 Å². The van der Waals surface area contributed by atoms with Gasteiger partial charge in [0.2, 0.25) is 0 Å². The van der Waals surface area contributed by atoms with Crippen molar-refractivity contribution in [3.05, 3.63) is 35.9 Å². The Hall–Kier alpha value is -1.55. The van der Waals surface area contributed by atoms with Crippen molar-refractivity contribution in [2.24, 2.45) is 22.6 Å². The van der Waals surface area contributed by atoms with Gasteiger partial charge in [0, 0.05) is 25.6 Å². The summed E-state index contributed by atoms with van der Waals surface area (Å²) < 4.78 is 5.99. The second-order valence-electron chi connectivity index (χ2n) is 6.44. The summed E-state index contributed by atoms with van der Waals surface area (Å²) in [6.07, 6.45) is 3.49. The first-order valence-corrected chi connectivity index (χ1v) is 8.37. The molecule has 1 aromatic rings. The summed E-state index contributed by atoms with van der Waals surface area (Å²) in [4.78, 5) is 4.52. The summed E-state index contributed by atoms with van der Waals surface area (Å²) in [7, 11) is 0. The Labute approximate surface area is 134 Å². The fourth-order valence-corrected chi connectivity index (χ4v) is 2.80. The lowest BCUT2D eigenvalue weighted by atomic mass is 9.89. The highest BCUT2D eigenvalue weighted by Crippen LogP contribution is 2.33. The van der Waals surface area contributed by atoms with E-state index in [-0.39, 0.29) is 6.10 Å². The highest BCUT2D eigenvalue weighted by molar-refractivity contribution is 5.77. The van der Waals surface area contributed by atoms with Gasteiger partial charge in [0.25, 0.3) is 0 Å². The van der Waals surface area contributed by atoms with E-state index in [9.17, 15) is 0 Å². The van der Waals surface area contributed by atoms with E-state index in [1.165, 1.54) is 5.56 Å². The maximum absolute atomic E-state index is 5.99. The SMILES string of the molecule is CC(C)CCNC(N)=NCC1CCCOC1c1ccccc1. The van der Waals surface area contributed by atoms with E-state index >= 15 is 0 Å². The summed E-state index contributed by atoms with van der Waals surface area (Å²) >= 11 is 0. The molecule has 2 atom stereocenters. The van der Waals surface area contributed by atoms with Crippen LogP contribution in [0.15, 0.2) is 35.3 Å². The molecule has 0 aliphatic carbocycles. The van der Waals surface area contributed by atoms with Gasteiger partial charge in [-0.3, -0.25) is 4.99 Å². The number of rotatable bonds is 6. The van der Waals surface area contributed by atoms with Gasteiger partial charge in [-0.05, 0) is 30.7 Å². The maximum atomic E-state index is 5.99. The second-order valence-corrected chi connectivity index (χ2v) is 6.44. The van der Waals surface area contributed by atoms with Crippen molar-refractivity contribution in [2.45, 2.75) is 39.2 Å². The number of nitrogens with zero attached hydrogens (tertiary/aromatic N) is 1. The normalized spacial score (nSPS) is 22.8. The molecular weight excluding hydrogens is 274 g/mol. The number of nitrogens with one attached hydrogen (secondary N) is 1. The molecule has 3 N–H and O–H groups in total. The molecule has 4 nitrogen and oxygen atoms in total. The van der Waals surface area contributed by atoms with Gasteiger partial charge in [-0.25, -0.2) is 0 Å². The zero-order valence-corrected chi connectivity index (χ0v) is 13.8. The Kier molecular flexibility index (Phi) is 6.72. The van der Waals surface area contributed by atoms with Crippen LogP contribution in [0.1, 0.15) is 44.8 Å². The maximum Gasteiger partial charge on any atom is 0.188 e. The summed E-state index contributed by atoms with van der Waals surface area (Å²) in [5.41, 5.74) is 7.20. The van der Waals surface area contributed by atoms with Crippen LogP contribution >= 0.6 is 0 Å². The van der Waals surface area contributed by atoms with Crippen LogP contribution < -0.4 is 11.1 Å². The summed E-state index contributed by atoms with van der Waals surface area (Å²) in [6.45, 7) is 6.86. The number of ether oxygens (including phenoxy) is 1. The van der Waals surface area contributed by atoms with Gasteiger partial charge in [-0.15, -0.1) is 0 Å². The first-order chi connectivity index (χ1) is 10.7. The van der Waals surface area contributed by atoms with E-state index in [1.807, 2.05) is 6.07 Å². The smallest absolute Gasteiger partial charge is 0.188 e. The van der Waals surface area contributed by atoms with Crippen molar-refractivity contribution in [2.75, 3.05) is 19.7 Å². The third-order valence-electron chi connectivity index (χ3n) is 4.10. The summed E-state index contributed by atoms with van der Waals surface area (Å²) in [6, 6.07) is 10.4. The van der Waals surface area contributed by atoms with Crippen LogP contribution in [0.4, 0.5) is 0 Å². The van der Waals surface area contributed by atoms with Crippen LogP contribution in [0.2, 0.25) is 0 Å². The first-order valence-electron chi connectivity index (χ1n) is 8.37. The van der Waals surface area contributed by atoms with Gasteiger partial charge in [-0.2, -0.15) is 0 Å². The molecule has 1 aliphatic heterocycles. The molecule has 0 saturated carbocycles. The van der Waals surface area contributed by atoms with Gasteiger partial charge < -0.3 is 15.8 Å². The van der Waals surface area contributed by atoms with E-state index < -0.39 is 0 Å². The minimum atomic E-state index is 0.141. The predicted molar refractivity (Wildman–Crippen MR) is 91.8 cm³/mol. The van der Waals surface area contributed by atoms with Crippen LogP contribution in [0.25, 0.3) is 0 Å². The lowest BCUT2D eigenvalue weighted by Crippen LogP contribution is -2.34. The molecule has 0 radical (unpaired) electrons. The molecule has 1 saturated heterocycles. The molecule has 2 unspecified atom stereocenters. The van der Waals surface area contributed by atoms with Gasteiger partial charge >= 0.3 is 0 Å². The highest BCUT2D eigenvalue weighted by Gasteiger charge is 2.27. The molecule has 0 spiro atoms. The average molecular weight is 303 g/mol. The monoisotopic (exact) mass is 303 g/mol. The van der Waals surface area contributed by atoms with E-state index in [0.717, 1.165) is 39.0 Å².